The highest BCUT2D eigenvalue weighted by atomic mass is 35.5. The monoisotopic (exact) mass is 358 g/mol. The molecular weight excluding hydrogens is 342 g/mol. The van der Waals surface area contributed by atoms with Gasteiger partial charge in [-0.2, -0.15) is 8.78 Å². The van der Waals surface area contributed by atoms with Gasteiger partial charge in [0.1, 0.15) is 0 Å². The maximum Gasteiger partial charge on any atom is 0.387 e. The van der Waals surface area contributed by atoms with E-state index >= 15 is 0 Å². The van der Waals surface area contributed by atoms with E-state index in [1.54, 1.807) is 4.90 Å². The van der Waals surface area contributed by atoms with Crippen molar-refractivity contribution in [1.82, 2.24) is 4.90 Å². The van der Waals surface area contributed by atoms with Gasteiger partial charge in [-0.25, -0.2) is 0 Å². The molecule has 0 unspecified atom stereocenters. The van der Waals surface area contributed by atoms with E-state index < -0.39 is 6.61 Å². The Bertz CT molecular complexity index is 632. The van der Waals surface area contributed by atoms with Crippen molar-refractivity contribution in [3.8, 4) is 5.75 Å². The zero-order valence-corrected chi connectivity index (χ0v) is 13.6. The number of benzene rings is 1. The molecule has 1 N–H and O–H groups in total. The number of hydrogen-bond acceptors (Lipinski definition) is 3. The van der Waals surface area contributed by atoms with Crippen molar-refractivity contribution in [1.29, 1.82) is 0 Å². The summed E-state index contributed by atoms with van der Waals surface area (Å²) in [6.45, 7) is 1.31. The molecule has 1 heterocycles. The number of hydrogen-bond donors (Lipinski definition) is 1. The van der Waals surface area contributed by atoms with E-state index in [0.717, 1.165) is 0 Å². The highest BCUT2D eigenvalue weighted by molar-refractivity contribution is 6.30. The van der Waals surface area contributed by atoms with Gasteiger partial charge < -0.3 is 15.0 Å². The molecule has 2 amide bonds. The standard InChI is InChI=1S/C16H17ClF2N2O3/c1-2-14(22)21-7-5-10(6-8-21)15(23)20-12-4-3-11(17)9-13(12)24-16(18)19/h2-4,9-10,16H,1,5-8H2,(H,20,23). The topological polar surface area (TPSA) is 58.6 Å². The Morgan fingerprint density at radius 2 is 2.04 bits per heavy atom. The highest BCUT2D eigenvalue weighted by Gasteiger charge is 2.27. The first-order chi connectivity index (χ1) is 11.4. The summed E-state index contributed by atoms with van der Waals surface area (Å²) < 4.78 is 29.3. The molecule has 2 rings (SSSR count). The molecule has 1 aliphatic heterocycles. The predicted molar refractivity (Wildman–Crippen MR) is 86.2 cm³/mol. The highest BCUT2D eigenvalue weighted by Crippen LogP contribution is 2.30. The Balaban J connectivity index is 2.00. The van der Waals surface area contributed by atoms with Crippen LogP contribution in [0.25, 0.3) is 0 Å². The van der Waals surface area contributed by atoms with Crippen molar-refractivity contribution in [3.63, 3.8) is 0 Å². The number of ether oxygens (including phenoxy) is 1. The number of amides is 2. The van der Waals surface area contributed by atoms with Gasteiger partial charge in [-0.1, -0.05) is 18.2 Å². The molecule has 0 bridgehead atoms. The summed E-state index contributed by atoms with van der Waals surface area (Å²) in [6, 6.07) is 4.10. The van der Waals surface area contributed by atoms with Crippen LogP contribution in [0, 0.1) is 5.92 Å². The van der Waals surface area contributed by atoms with Gasteiger partial charge in [0.25, 0.3) is 0 Å². The Labute approximate surface area is 143 Å². The number of carbonyl (C=O) groups excluding carboxylic acids is 2. The van der Waals surface area contributed by atoms with Crippen molar-refractivity contribution in [3.05, 3.63) is 35.9 Å². The third-order valence-electron chi connectivity index (χ3n) is 3.77. The minimum Gasteiger partial charge on any atom is -0.433 e. The van der Waals surface area contributed by atoms with Crippen molar-refractivity contribution in [2.75, 3.05) is 18.4 Å². The molecule has 24 heavy (non-hydrogen) atoms. The summed E-state index contributed by atoms with van der Waals surface area (Å²) in [7, 11) is 0. The van der Waals surface area contributed by atoms with Crippen LogP contribution in [0.5, 0.6) is 5.75 Å². The zero-order chi connectivity index (χ0) is 17.7. The van der Waals surface area contributed by atoms with Crippen LogP contribution in [-0.4, -0.2) is 36.4 Å². The molecule has 1 aromatic rings. The average Bonchev–Trinajstić information content (AvgIpc) is 2.56. The fraction of sp³-hybridized carbons (Fsp3) is 0.375. The minimum atomic E-state index is -3.02. The normalized spacial score (nSPS) is 15.2. The Kier molecular flexibility index (Phi) is 6.14. The Morgan fingerprint density at radius 3 is 2.62 bits per heavy atom. The Hall–Kier alpha value is -2.15. The molecule has 0 aromatic heterocycles. The predicted octanol–water partition coefficient (Wildman–Crippen LogP) is 3.30. The number of nitrogens with zero attached hydrogens (tertiary/aromatic N) is 1. The fourth-order valence-electron chi connectivity index (χ4n) is 2.52. The zero-order valence-electron chi connectivity index (χ0n) is 12.8. The van der Waals surface area contributed by atoms with E-state index in [1.165, 1.54) is 24.3 Å². The molecule has 1 aromatic carbocycles. The number of likely N-dealkylation sites (tertiary alicyclic amines) is 1. The number of halogens is 3. The maximum atomic E-state index is 12.5. The molecule has 1 saturated heterocycles. The van der Waals surface area contributed by atoms with E-state index in [9.17, 15) is 18.4 Å². The molecule has 0 atom stereocenters. The molecule has 0 radical (unpaired) electrons. The Morgan fingerprint density at radius 1 is 1.38 bits per heavy atom. The van der Waals surface area contributed by atoms with Gasteiger partial charge in [-0.05, 0) is 31.1 Å². The molecule has 0 spiro atoms. The molecule has 0 saturated carbocycles. The molecule has 0 aliphatic carbocycles. The lowest BCUT2D eigenvalue weighted by molar-refractivity contribution is -0.130. The number of rotatable bonds is 5. The van der Waals surface area contributed by atoms with E-state index in [1.807, 2.05) is 0 Å². The second-order valence-electron chi connectivity index (χ2n) is 5.31. The van der Waals surface area contributed by atoms with Gasteiger partial charge in [0.05, 0.1) is 5.69 Å². The van der Waals surface area contributed by atoms with Gasteiger partial charge in [0.15, 0.2) is 5.75 Å². The van der Waals surface area contributed by atoms with Crippen LogP contribution in [-0.2, 0) is 9.59 Å². The molecule has 1 fully saturated rings. The summed E-state index contributed by atoms with van der Waals surface area (Å²) in [4.78, 5) is 25.5. The molecule has 8 heteroatoms. The maximum absolute atomic E-state index is 12.5. The van der Waals surface area contributed by atoms with E-state index in [0.29, 0.717) is 25.9 Å². The third-order valence-corrected chi connectivity index (χ3v) is 4.00. The molecule has 5 nitrogen and oxygen atoms in total. The van der Waals surface area contributed by atoms with Crippen LogP contribution in [0.1, 0.15) is 12.8 Å². The van der Waals surface area contributed by atoms with Crippen LogP contribution in [0.15, 0.2) is 30.9 Å². The van der Waals surface area contributed by atoms with E-state index in [2.05, 4.69) is 16.6 Å². The first-order valence-corrected chi connectivity index (χ1v) is 7.75. The number of anilines is 1. The van der Waals surface area contributed by atoms with Gasteiger partial charge in [-0.15, -0.1) is 0 Å². The molecule has 1 aliphatic rings. The lowest BCUT2D eigenvalue weighted by atomic mass is 9.95. The van der Waals surface area contributed by atoms with Gasteiger partial charge in [0, 0.05) is 30.1 Å². The summed E-state index contributed by atoms with van der Waals surface area (Å²) in [5.74, 6) is -0.972. The van der Waals surface area contributed by atoms with Crippen LogP contribution in [0.3, 0.4) is 0 Å². The quantitative estimate of drug-likeness (QED) is 0.821. The van der Waals surface area contributed by atoms with E-state index in [-0.39, 0.29) is 34.2 Å². The second-order valence-corrected chi connectivity index (χ2v) is 5.75. The van der Waals surface area contributed by atoms with Gasteiger partial charge in [0.2, 0.25) is 11.8 Å². The van der Waals surface area contributed by atoms with Crippen molar-refractivity contribution >= 4 is 29.1 Å². The summed E-state index contributed by atoms with van der Waals surface area (Å²) in [5, 5.41) is 2.81. The van der Waals surface area contributed by atoms with Crippen molar-refractivity contribution in [2.45, 2.75) is 19.5 Å². The summed E-state index contributed by atoms with van der Waals surface area (Å²) in [6.07, 6.45) is 2.22. The lowest BCUT2D eigenvalue weighted by Crippen LogP contribution is -2.40. The van der Waals surface area contributed by atoms with Crippen LogP contribution >= 0.6 is 11.6 Å². The lowest BCUT2D eigenvalue weighted by Gasteiger charge is -2.30. The van der Waals surface area contributed by atoms with Crippen molar-refractivity contribution in [2.24, 2.45) is 5.92 Å². The van der Waals surface area contributed by atoms with Crippen molar-refractivity contribution < 1.29 is 23.1 Å². The first kappa shape index (κ1) is 18.2. The van der Waals surface area contributed by atoms with Gasteiger partial charge in [-0.3, -0.25) is 9.59 Å². The molecule has 130 valence electrons. The van der Waals surface area contributed by atoms with Crippen LogP contribution in [0.4, 0.5) is 14.5 Å². The van der Waals surface area contributed by atoms with Crippen LogP contribution in [0.2, 0.25) is 5.02 Å². The largest absolute Gasteiger partial charge is 0.433 e. The third kappa shape index (κ3) is 4.67. The van der Waals surface area contributed by atoms with E-state index in [4.69, 9.17) is 11.6 Å². The molecular formula is C16H17ClF2N2O3. The minimum absolute atomic E-state index is 0.134. The van der Waals surface area contributed by atoms with Gasteiger partial charge >= 0.3 is 6.61 Å². The summed E-state index contributed by atoms with van der Waals surface area (Å²) >= 11 is 5.76. The van der Waals surface area contributed by atoms with Crippen LogP contribution < -0.4 is 10.1 Å². The first-order valence-electron chi connectivity index (χ1n) is 7.37. The summed E-state index contributed by atoms with van der Waals surface area (Å²) in [5.41, 5.74) is 0.134. The number of nitrogens with one attached hydrogen (secondary N) is 1. The average molecular weight is 359 g/mol. The smallest absolute Gasteiger partial charge is 0.387 e. The second kappa shape index (κ2) is 8.10. The number of piperidine rings is 1. The number of alkyl halides is 2. The SMILES string of the molecule is C=CC(=O)N1CCC(C(=O)Nc2ccc(Cl)cc2OC(F)F)CC1. The number of carbonyl (C=O) groups is 2. The fourth-order valence-corrected chi connectivity index (χ4v) is 2.68.